The molecule has 9 heteroatoms. The van der Waals surface area contributed by atoms with Gasteiger partial charge in [0.15, 0.2) is 5.69 Å². The average molecular weight is 490 g/mol. The zero-order valence-electron chi connectivity index (χ0n) is 18.8. The predicted molar refractivity (Wildman–Crippen MR) is 124 cm³/mol. The fourth-order valence-electron chi connectivity index (χ4n) is 3.67. The molecule has 1 aliphatic heterocycles. The first-order valence-corrected chi connectivity index (χ1v) is 11.0. The number of hydrogen-bond acceptors (Lipinski definition) is 3. The maximum absolute atomic E-state index is 13.3. The van der Waals surface area contributed by atoms with Gasteiger partial charge in [-0.15, -0.1) is 0 Å². The van der Waals surface area contributed by atoms with E-state index >= 15 is 0 Å². The van der Waals surface area contributed by atoms with Crippen LogP contribution in [-0.2, 0) is 17.5 Å². The van der Waals surface area contributed by atoms with Gasteiger partial charge in [-0.25, -0.2) is 4.68 Å². The van der Waals surface area contributed by atoms with Crippen LogP contribution in [0.25, 0.3) is 11.8 Å². The van der Waals surface area contributed by atoms with E-state index in [9.17, 15) is 18.0 Å². The van der Waals surface area contributed by atoms with Gasteiger partial charge >= 0.3 is 6.18 Å². The number of alkyl halides is 3. The van der Waals surface area contributed by atoms with E-state index in [0.29, 0.717) is 10.7 Å². The van der Waals surface area contributed by atoms with Gasteiger partial charge in [0.05, 0.1) is 23.8 Å². The molecule has 1 atom stereocenters. The monoisotopic (exact) mass is 489 g/mol. The molecule has 1 amide bonds. The summed E-state index contributed by atoms with van der Waals surface area (Å²) in [5.41, 5.74) is 0.727. The topological polar surface area (TPSA) is 56.2 Å². The molecule has 0 bridgehead atoms. The van der Waals surface area contributed by atoms with Crippen molar-refractivity contribution < 1.29 is 22.7 Å². The molecule has 1 unspecified atom stereocenters. The number of fused-ring (bicyclic) bond motifs is 1. The van der Waals surface area contributed by atoms with Crippen LogP contribution in [0.1, 0.15) is 49.2 Å². The Hall–Kier alpha value is -3.26. The van der Waals surface area contributed by atoms with Crippen LogP contribution in [0.4, 0.5) is 13.2 Å². The minimum atomic E-state index is -4.62. The summed E-state index contributed by atoms with van der Waals surface area (Å²) in [5, 5.41) is 6.78. The third kappa shape index (κ3) is 5.12. The van der Waals surface area contributed by atoms with Crippen LogP contribution in [0.2, 0.25) is 5.02 Å². The first-order valence-electron chi connectivity index (χ1n) is 10.6. The van der Waals surface area contributed by atoms with Crippen LogP contribution in [0.15, 0.2) is 54.6 Å². The molecule has 0 saturated carbocycles. The number of carbonyl (C=O) groups excluding carboxylic acids is 1. The van der Waals surface area contributed by atoms with E-state index in [0.717, 1.165) is 27.6 Å². The van der Waals surface area contributed by atoms with Crippen molar-refractivity contribution in [2.24, 2.45) is 0 Å². The standard InChI is InChI=1S/C25H23ClF3N3O2/c1-15(16-7-8-21-17(11-16)9-10-24(2,3)34-21)23(33)30-14-20-13-22(25(27,28)29)31-32(20)19-6-4-5-18(26)12-19/h4-13,15H,14H2,1-3H3,(H,30,33). The van der Waals surface area contributed by atoms with Crippen molar-refractivity contribution in [3.63, 3.8) is 0 Å². The molecule has 4 rings (SSSR count). The van der Waals surface area contributed by atoms with Crippen LogP contribution in [-0.4, -0.2) is 21.3 Å². The molecule has 1 N–H and O–H groups in total. The summed E-state index contributed by atoms with van der Waals surface area (Å²) in [4.78, 5) is 12.9. The van der Waals surface area contributed by atoms with E-state index in [1.807, 2.05) is 44.2 Å². The van der Waals surface area contributed by atoms with E-state index in [1.165, 1.54) is 6.07 Å². The van der Waals surface area contributed by atoms with Crippen molar-refractivity contribution in [1.82, 2.24) is 15.1 Å². The molecule has 5 nitrogen and oxygen atoms in total. The Kier molecular flexibility index (Phi) is 6.20. The number of nitrogens with one attached hydrogen (secondary N) is 1. The van der Waals surface area contributed by atoms with Gasteiger partial charge < -0.3 is 10.1 Å². The van der Waals surface area contributed by atoms with Crippen molar-refractivity contribution in [1.29, 1.82) is 0 Å². The zero-order chi connectivity index (χ0) is 24.7. The molecule has 3 aromatic rings. The van der Waals surface area contributed by atoms with Gasteiger partial charge in [-0.2, -0.15) is 18.3 Å². The smallest absolute Gasteiger partial charge is 0.435 e. The Morgan fingerprint density at radius 2 is 1.97 bits per heavy atom. The van der Waals surface area contributed by atoms with Crippen molar-refractivity contribution >= 4 is 23.6 Å². The van der Waals surface area contributed by atoms with Gasteiger partial charge in [0, 0.05) is 10.6 Å². The van der Waals surface area contributed by atoms with Crippen LogP contribution >= 0.6 is 11.6 Å². The number of amides is 1. The molecule has 1 aliphatic rings. The summed E-state index contributed by atoms with van der Waals surface area (Å²) in [5.74, 6) is -0.124. The summed E-state index contributed by atoms with van der Waals surface area (Å²) in [6.45, 7) is 5.51. The van der Waals surface area contributed by atoms with E-state index in [-0.39, 0.29) is 18.1 Å². The van der Waals surface area contributed by atoms with Crippen LogP contribution in [0, 0.1) is 0 Å². The van der Waals surface area contributed by atoms with E-state index in [1.54, 1.807) is 25.1 Å². The second-order valence-electron chi connectivity index (χ2n) is 8.69. The van der Waals surface area contributed by atoms with Crippen LogP contribution in [0.3, 0.4) is 0 Å². The first kappa shape index (κ1) is 23.9. The van der Waals surface area contributed by atoms with Crippen LogP contribution in [0.5, 0.6) is 5.75 Å². The minimum Gasteiger partial charge on any atom is -0.483 e. The number of benzene rings is 2. The number of nitrogens with zero attached hydrogens (tertiary/aromatic N) is 2. The van der Waals surface area contributed by atoms with Crippen LogP contribution < -0.4 is 10.1 Å². The second kappa shape index (κ2) is 8.83. The molecule has 0 radical (unpaired) electrons. The number of rotatable bonds is 5. The Morgan fingerprint density at radius 1 is 1.21 bits per heavy atom. The number of halogens is 4. The SMILES string of the molecule is CC(C(=O)NCc1cc(C(F)(F)F)nn1-c1cccc(Cl)c1)c1ccc2c(c1)C=CC(C)(C)O2. The molecule has 2 aromatic carbocycles. The third-order valence-corrected chi connectivity index (χ3v) is 5.77. The third-order valence-electron chi connectivity index (χ3n) is 5.53. The fourth-order valence-corrected chi connectivity index (χ4v) is 3.85. The highest BCUT2D eigenvalue weighted by Gasteiger charge is 2.35. The molecule has 0 fully saturated rings. The number of carbonyl (C=O) groups is 1. The molecular formula is C25H23ClF3N3O2. The molecule has 2 heterocycles. The van der Waals surface area contributed by atoms with Crippen molar-refractivity contribution in [2.45, 2.75) is 45.0 Å². The van der Waals surface area contributed by atoms with E-state index < -0.39 is 23.4 Å². The summed E-state index contributed by atoms with van der Waals surface area (Å²) >= 11 is 6.00. The zero-order valence-corrected chi connectivity index (χ0v) is 19.5. The Balaban J connectivity index is 1.53. The number of hydrogen-bond donors (Lipinski definition) is 1. The number of aromatic nitrogens is 2. The molecule has 1 aromatic heterocycles. The first-order chi connectivity index (χ1) is 15.9. The van der Waals surface area contributed by atoms with Crippen molar-refractivity contribution in [3.8, 4) is 11.4 Å². The highest BCUT2D eigenvalue weighted by atomic mass is 35.5. The highest BCUT2D eigenvalue weighted by Crippen LogP contribution is 2.33. The summed E-state index contributed by atoms with van der Waals surface area (Å²) in [6, 6.07) is 12.8. The fraction of sp³-hybridized carbons (Fsp3) is 0.280. The Labute approximate surface area is 200 Å². The quantitative estimate of drug-likeness (QED) is 0.467. The second-order valence-corrected chi connectivity index (χ2v) is 9.12. The lowest BCUT2D eigenvalue weighted by Crippen LogP contribution is -2.29. The molecular weight excluding hydrogens is 467 g/mol. The Bertz CT molecular complexity index is 1260. The van der Waals surface area contributed by atoms with Gasteiger partial charge in [-0.3, -0.25) is 4.79 Å². The van der Waals surface area contributed by atoms with Gasteiger partial charge in [-0.1, -0.05) is 29.8 Å². The summed E-state index contributed by atoms with van der Waals surface area (Å²) in [6.07, 6.45) is -0.725. The molecule has 178 valence electrons. The van der Waals surface area contributed by atoms with Gasteiger partial charge in [0.25, 0.3) is 0 Å². The van der Waals surface area contributed by atoms with Gasteiger partial charge in [0.2, 0.25) is 5.91 Å². The molecule has 0 aliphatic carbocycles. The molecule has 0 saturated heterocycles. The Morgan fingerprint density at radius 3 is 2.68 bits per heavy atom. The summed E-state index contributed by atoms with van der Waals surface area (Å²) < 4.78 is 47.0. The maximum atomic E-state index is 13.3. The predicted octanol–water partition coefficient (Wildman–Crippen LogP) is 6.15. The normalized spacial score (nSPS) is 15.4. The van der Waals surface area contributed by atoms with Crippen molar-refractivity contribution in [2.75, 3.05) is 0 Å². The largest absolute Gasteiger partial charge is 0.483 e. The molecule has 0 spiro atoms. The minimum absolute atomic E-state index is 0.138. The lowest BCUT2D eigenvalue weighted by Gasteiger charge is -2.28. The van der Waals surface area contributed by atoms with E-state index in [4.69, 9.17) is 16.3 Å². The number of ether oxygens (including phenoxy) is 1. The lowest BCUT2D eigenvalue weighted by atomic mass is 9.95. The van der Waals surface area contributed by atoms with E-state index in [2.05, 4.69) is 10.4 Å². The molecule has 34 heavy (non-hydrogen) atoms. The highest BCUT2D eigenvalue weighted by molar-refractivity contribution is 6.30. The van der Waals surface area contributed by atoms with Gasteiger partial charge in [0.1, 0.15) is 11.4 Å². The van der Waals surface area contributed by atoms with Crippen molar-refractivity contribution in [3.05, 3.63) is 82.1 Å². The lowest BCUT2D eigenvalue weighted by molar-refractivity contribution is -0.141. The summed E-state index contributed by atoms with van der Waals surface area (Å²) in [7, 11) is 0. The maximum Gasteiger partial charge on any atom is 0.435 e. The average Bonchev–Trinajstić information content (AvgIpc) is 3.21. The van der Waals surface area contributed by atoms with Gasteiger partial charge in [-0.05, 0) is 68.8 Å².